The first-order chi connectivity index (χ1) is 8.74. The maximum Gasteiger partial charge on any atom is 0.264 e. The molecule has 1 aromatic heterocycles. The molecule has 0 radical (unpaired) electrons. The molecule has 3 rings (SSSR count). The topological polar surface area (TPSA) is 32.3 Å². The van der Waals surface area contributed by atoms with Crippen LogP contribution in [0, 0.1) is 0 Å². The van der Waals surface area contributed by atoms with Gasteiger partial charge < -0.3 is 10.2 Å². The van der Waals surface area contributed by atoms with Crippen molar-refractivity contribution in [3.8, 4) is 0 Å². The summed E-state index contributed by atoms with van der Waals surface area (Å²) in [6, 6.07) is 10.5. The zero-order valence-corrected chi connectivity index (χ0v) is 12.4. The lowest BCUT2D eigenvalue weighted by Gasteiger charge is -2.31. The Labute approximate surface area is 123 Å². The van der Waals surface area contributed by atoms with Crippen molar-refractivity contribution in [3.05, 3.63) is 35.2 Å². The molecule has 1 saturated heterocycles. The predicted molar refractivity (Wildman–Crippen MR) is 82.4 cm³/mol. The Morgan fingerprint density at radius 1 is 1.42 bits per heavy atom. The monoisotopic (exact) mass is 296 g/mol. The number of carbonyl (C=O) groups is 1. The molecule has 1 aliphatic heterocycles. The van der Waals surface area contributed by atoms with Crippen molar-refractivity contribution in [2.24, 2.45) is 0 Å². The summed E-state index contributed by atoms with van der Waals surface area (Å²) in [5, 5.41) is 4.52. The van der Waals surface area contributed by atoms with E-state index >= 15 is 0 Å². The third kappa shape index (κ3) is 2.91. The van der Waals surface area contributed by atoms with Crippen LogP contribution in [0.4, 0.5) is 0 Å². The summed E-state index contributed by atoms with van der Waals surface area (Å²) in [6.45, 7) is 4.60. The van der Waals surface area contributed by atoms with Gasteiger partial charge in [-0.1, -0.05) is 18.2 Å². The van der Waals surface area contributed by atoms with Crippen LogP contribution in [-0.2, 0) is 0 Å². The van der Waals surface area contributed by atoms with Crippen LogP contribution in [-0.4, -0.2) is 36.5 Å². The number of carbonyl (C=O) groups excluding carboxylic acids is 1. The van der Waals surface area contributed by atoms with E-state index in [2.05, 4.69) is 24.4 Å². The Morgan fingerprint density at radius 2 is 2.21 bits per heavy atom. The van der Waals surface area contributed by atoms with Crippen LogP contribution in [0.3, 0.4) is 0 Å². The summed E-state index contributed by atoms with van der Waals surface area (Å²) >= 11 is 1.59. The molecule has 1 aliphatic rings. The molecule has 0 saturated carbocycles. The fourth-order valence-electron chi connectivity index (χ4n) is 2.36. The van der Waals surface area contributed by atoms with Gasteiger partial charge in [0.2, 0.25) is 0 Å². The van der Waals surface area contributed by atoms with Crippen LogP contribution >= 0.6 is 23.7 Å². The molecule has 1 aromatic carbocycles. The Kier molecular flexibility index (Phi) is 4.45. The fraction of sp³-hybridized carbons (Fsp3) is 0.357. The summed E-state index contributed by atoms with van der Waals surface area (Å²) < 4.78 is 1.18. The maximum atomic E-state index is 12.4. The largest absolute Gasteiger partial charge is 0.335 e. The third-order valence-electron chi connectivity index (χ3n) is 3.29. The summed E-state index contributed by atoms with van der Waals surface area (Å²) in [6.07, 6.45) is 0. The van der Waals surface area contributed by atoms with Crippen molar-refractivity contribution in [1.82, 2.24) is 10.2 Å². The zero-order valence-electron chi connectivity index (χ0n) is 10.8. The molecule has 3 nitrogen and oxygen atoms in total. The maximum absolute atomic E-state index is 12.4. The zero-order chi connectivity index (χ0) is 12.5. The van der Waals surface area contributed by atoms with Crippen molar-refractivity contribution in [2.75, 3.05) is 19.6 Å². The van der Waals surface area contributed by atoms with Gasteiger partial charge in [0.15, 0.2) is 0 Å². The van der Waals surface area contributed by atoms with Crippen LogP contribution in [0.15, 0.2) is 30.3 Å². The van der Waals surface area contributed by atoms with Gasteiger partial charge in [-0.25, -0.2) is 0 Å². The number of nitrogens with one attached hydrogen (secondary N) is 1. The first kappa shape index (κ1) is 14.3. The highest BCUT2D eigenvalue weighted by Crippen LogP contribution is 2.26. The van der Waals surface area contributed by atoms with E-state index in [-0.39, 0.29) is 18.3 Å². The molecule has 2 aromatic rings. The lowest BCUT2D eigenvalue weighted by atomic mass is 10.2. The minimum absolute atomic E-state index is 0. The first-order valence-corrected chi connectivity index (χ1v) is 7.07. The highest BCUT2D eigenvalue weighted by atomic mass is 35.5. The van der Waals surface area contributed by atoms with Crippen LogP contribution in [0.1, 0.15) is 16.6 Å². The molecule has 19 heavy (non-hydrogen) atoms. The summed E-state index contributed by atoms with van der Waals surface area (Å²) in [7, 11) is 0. The Balaban J connectivity index is 0.00000133. The van der Waals surface area contributed by atoms with Crippen molar-refractivity contribution >= 4 is 39.7 Å². The average molecular weight is 297 g/mol. The van der Waals surface area contributed by atoms with Gasteiger partial charge in [0.1, 0.15) is 0 Å². The number of thiophene rings is 1. The molecule has 5 heteroatoms. The summed E-state index contributed by atoms with van der Waals surface area (Å²) in [5.74, 6) is 0.171. The number of benzene rings is 1. The number of hydrogen-bond donors (Lipinski definition) is 1. The Bertz CT molecular complexity index is 551. The number of nitrogens with zero attached hydrogens (tertiary/aromatic N) is 1. The lowest BCUT2D eigenvalue weighted by molar-refractivity contribution is 0.0714. The molecule has 0 spiro atoms. The van der Waals surface area contributed by atoms with Crippen molar-refractivity contribution in [3.63, 3.8) is 0 Å². The average Bonchev–Trinajstić information content (AvgIpc) is 2.81. The van der Waals surface area contributed by atoms with Crippen molar-refractivity contribution < 1.29 is 4.79 Å². The van der Waals surface area contributed by atoms with Gasteiger partial charge in [0, 0.05) is 30.4 Å². The minimum Gasteiger partial charge on any atom is -0.335 e. The molecule has 1 atom stereocenters. The second-order valence-electron chi connectivity index (χ2n) is 4.75. The number of amides is 1. The van der Waals surface area contributed by atoms with Gasteiger partial charge in [0.05, 0.1) is 4.88 Å². The summed E-state index contributed by atoms with van der Waals surface area (Å²) in [4.78, 5) is 15.2. The Hall–Kier alpha value is -1.10. The van der Waals surface area contributed by atoms with E-state index in [9.17, 15) is 4.79 Å². The van der Waals surface area contributed by atoms with Gasteiger partial charge >= 0.3 is 0 Å². The normalized spacial score (nSPS) is 19.2. The number of hydrogen-bond acceptors (Lipinski definition) is 3. The predicted octanol–water partition coefficient (Wildman–Crippen LogP) is 2.76. The molecule has 1 amide bonds. The van der Waals surface area contributed by atoms with E-state index < -0.39 is 0 Å². The first-order valence-electron chi connectivity index (χ1n) is 6.25. The molecule has 0 aliphatic carbocycles. The minimum atomic E-state index is 0. The standard InChI is InChI=1S/C14H16N2OS.ClH/c1-10-9-16(7-6-15-10)14(17)13-8-11-4-2-3-5-12(11)18-13;/h2-5,8,10,15H,6-7,9H2,1H3;1H/t10-;/m0./s1. The van der Waals surface area contributed by atoms with E-state index in [1.54, 1.807) is 11.3 Å². The molecule has 2 heterocycles. The van der Waals surface area contributed by atoms with Gasteiger partial charge in [-0.3, -0.25) is 4.79 Å². The molecule has 1 fully saturated rings. The Morgan fingerprint density at radius 3 is 2.95 bits per heavy atom. The van der Waals surface area contributed by atoms with Gasteiger partial charge in [0.25, 0.3) is 5.91 Å². The van der Waals surface area contributed by atoms with E-state index in [0.29, 0.717) is 6.04 Å². The molecule has 0 bridgehead atoms. The van der Waals surface area contributed by atoms with Crippen LogP contribution in [0.25, 0.3) is 10.1 Å². The number of rotatable bonds is 1. The lowest BCUT2D eigenvalue weighted by Crippen LogP contribution is -2.51. The second kappa shape index (κ2) is 5.90. The van der Waals surface area contributed by atoms with Gasteiger partial charge in [-0.05, 0) is 24.4 Å². The van der Waals surface area contributed by atoms with Crippen LogP contribution < -0.4 is 5.32 Å². The summed E-state index contributed by atoms with van der Waals surface area (Å²) in [5.41, 5.74) is 0. The quantitative estimate of drug-likeness (QED) is 0.877. The molecular formula is C14H17ClN2OS. The highest BCUT2D eigenvalue weighted by Gasteiger charge is 2.22. The van der Waals surface area contributed by atoms with Crippen LogP contribution in [0.2, 0.25) is 0 Å². The number of halogens is 1. The van der Waals surface area contributed by atoms with E-state index in [1.807, 2.05) is 23.1 Å². The molecule has 1 N–H and O–H groups in total. The highest BCUT2D eigenvalue weighted by molar-refractivity contribution is 7.20. The SMILES string of the molecule is C[C@H]1CN(C(=O)c2cc3ccccc3s2)CCN1.Cl. The smallest absolute Gasteiger partial charge is 0.264 e. The van der Waals surface area contributed by atoms with E-state index in [1.165, 1.54) is 4.70 Å². The van der Waals surface area contributed by atoms with Crippen molar-refractivity contribution in [1.29, 1.82) is 0 Å². The fourth-order valence-corrected chi connectivity index (χ4v) is 3.39. The van der Waals surface area contributed by atoms with Crippen LogP contribution in [0.5, 0.6) is 0 Å². The van der Waals surface area contributed by atoms with E-state index in [0.717, 1.165) is 29.9 Å². The van der Waals surface area contributed by atoms with E-state index in [4.69, 9.17) is 0 Å². The third-order valence-corrected chi connectivity index (χ3v) is 4.40. The molecule has 0 unspecified atom stereocenters. The number of piperazine rings is 1. The van der Waals surface area contributed by atoms with Gasteiger partial charge in [-0.15, -0.1) is 23.7 Å². The van der Waals surface area contributed by atoms with Crippen molar-refractivity contribution in [2.45, 2.75) is 13.0 Å². The van der Waals surface area contributed by atoms with Gasteiger partial charge in [-0.2, -0.15) is 0 Å². The molecule has 102 valence electrons. The second-order valence-corrected chi connectivity index (χ2v) is 5.84. The molecular weight excluding hydrogens is 280 g/mol. The number of fused-ring (bicyclic) bond motifs is 1.